The second-order valence-electron chi connectivity index (χ2n) is 6.27. The molecule has 0 aliphatic rings. The average molecular weight is 379 g/mol. The van der Waals surface area contributed by atoms with Crippen LogP contribution in [0.25, 0.3) is 10.8 Å². The topological polar surface area (TPSA) is 149 Å². The number of anilines is 3. The van der Waals surface area contributed by atoms with E-state index in [-0.39, 0.29) is 11.5 Å². The van der Waals surface area contributed by atoms with Gasteiger partial charge in [0.2, 0.25) is 5.91 Å². The molecule has 2 amide bonds. The Morgan fingerprint density at radius 3 is 2.68 bits per heavy atom. The summed E-state index contributed by atoms with van der Waals surface area (Å²) in [5, 5.41) is 7.97. The van der Waals surface area contributed by atoms with E-state index in [0.29, 0.717) is 17.9 Å². The van der Waals surface area contributed by atoms with Gasteiger partial charge < -0.3 is 22.1 Å². The Hall–Kier alpha value is -3.75. The van der Waals surface area contributed by atoms with Gasteiger partial charge in [-0.2, -0.15) is 0 Å². The number of aromatic nitrogens is 3. The van der Waals surface area contributed by atoms with Crippen molar-refractivity contribution in [1.29, 1.82) is 0 Å². The number of hydrogen-bond acceptors (Lipinski definition) is 7. The molecule has 1 aromatic carbocycles. The van der Waals surface area contributed by atoms with E-state index in [1.165, 1.54) is 6.20 Å². The van der Waals surface area contributed by atoms with Gasteiger partial charge in [0.25, 0.3) is 5.91 Å². The molecule has 1 atom stereocenters. The number of hydrogen-bond donors (Lipinski definition) is 4. The fraction of sp³-hybridized carbons (Fsp3) is 0.211. The first-order chi connectivity index (χ1) is 13.5. The number of carbonyl (C=O) groups excluding carboxylic acids is 2. The first-order valence-corrected chi connectivity index (χ1v) is 8.81. The zero-order valence-corrected chi connectivity index (χ0v) is 15.3. The van der Waals surface area contributed by atoms with Gasteiger partial charge in [-0.25, -0.2) is 9.97 Å². The Labute approximate surface area is 161 Å². The van der Waals surface area contributed by atoms with Crippen molar-refractivity contribution in [3.05, 3.63) is 48.5 Å². The molecule has 0 radical (unpaired) electrons. The molecule has 28 heavy (non-hydrogen) atoms. The van der Waals surface area contributed by atoms with Crippen LogP contribution in [0.2, 0.25) is 0 Å². The molecule has 0 unspecified atom stereocenters. The van der Waals surface area contributed by atoms with Gasteiger partial charge in [-0.15, -0.1) is 0 Å². The molecule has 2 heterocycles. The maximum absolute atomic E-state index is 11.7. The Morgan fingerprint density at radius 1 is 1.14 bits per heavy atom. The second-order valence-corrected chi connectivity index (χ2v) is 6.27. The van der Waals surface area contributed by atoms with Crippen LogP contribution in [0.3, 0.4) is 0 Å². The van der Waals surface area contributed by atoms with Crippen molar-refractivity contribution in [1.82, 2.24) is 15.0 Å². The molecular formula is C19H21N7O2. The van der Waals surface area contributed by atoms with Gasteiger partial charge in [0.1, 0.15) is 11.9 Å². The van der Waals surface area contributed by atoms with Gasteiger partial charge >= 0.3 is 0 Å². The smallest absolute Gasteiger partial charge is 0.271 e. The first-order valence-electron chi connectivity index (χ1n) is 8.81. The van der Waals surface area contributed by atoms with Gasteiger partial charge in [0.05, 0.1) is 6.20 Å². The number of fused-ring (bicyclic) bond motifs is 1. The van der Waals surface area contributed by atoms with E-state index in [4.69, 9.17) is 11.5 Å². The average Bonchev–Trinajstić information content (AvgIpc) is 2.67. The summed E-state index contributed by atoms with van der Waals surface area (Å²) in [4.78, 5) is 35.9. The number of nitrogens with one attached hydrogen (secondary N) is 2. The molecule has 3 aromatic rings. The fourth-order valence-electron chi connectivity index (χ4n) is 2.78. The lowest BCUT2D eigenvalue weighted by atomic mass is 10.1. The van der Waals surface area contributed by atoms with Crippen molar-refractivity contribution in [2.45, 2.75) is 25.8 Å². The molecule has 0 bridgehead atoms. The molecule has 0 fully saturated rings. The van der Waals surface area contributed by atoms with Crippen molar-refractivity contribution in [2.24, 2.45) is 11.5 Å². The molecule has 3 rings (SSSR count). The van der Waals surface area contributed by atoms with E-state index >= 15 is 0 Å². The number of nitrogens with two attached hydrogens (primary N) is 2. The molecule has 0 spiro atoms. The lowest BCUT2D eigenvalue weighted by Gasteiger charge is -2.16. The Bertz CT molecular complexity index is 1020. The van der Waals surface area contributed by atoms with Crippen LogP contribution < -0.4 is 22.1 Å². The zero-order valence-electron chi connectivity index (χ0n) is 15.3. The van der Waals surface area contributed by atoms with Crippen LogP contribution >= 0.6 is 0 Å². The lowest BCUT2D eigenvalue weighted by Crippen LogP contribution is -2.35. The van der Waals surface area contributed by atoms with Gasteiger partial charge in [-0.3, -0.25) is 14.6 Å². The number of rotatable bonds is 8. The van der Waals surface area contributed by atoms with Crippen LogP contribution in [0.4, 0.5) is 17.3 Å². The van der Waals surface area contributed by atoms with Crippen molar-refractivity contribution >= 4 is 39.9 Å². The highest BCUT2D eigenvalue weighted by Gasteiger charge is 2.18. The lowest BCUT2D eigenvalue weighted by molar-refractivity contribution is -0.118. The van der Waals surface area contributed by atoms with Crippen molar-refractivity contribution in [3.8, 4) is 0 Å². The third kappa shape index (κ3) is 4.32. The minimum atomic E-state index is -0.716. The number of benzene rings is 1. The quantitative estimate of drug-likeness (QED) is 0.467. The number of pyridine rings is 1. The van der Waals surface area contributed by atoms with Gasteiger partial charge in [-0.05, 0) is 30.0 Å². The molecule has 0 aliphatic heterocycles. The summed E-state index contributed by atoms with van der Waals surface area (Å²) in [6.07, 6.45) is 6.13. The highest BCUT2D eigenvalue weighted by Crippen LogP contribution is 2.23. The summed E-state index contributed by atoms with van der Waals surface area (Å²) < 4.78 is 0. The minimum absolute atomic E-state index is 0.00788. The van der Waals surface area contributed by atoms with Crippen LogP contribution in [0.15, 0.2) is 42.9 Å². The van der Waals surface area contributed by atoms with Crippen LogP contribution in [-0.4, -0.2) is 32.8 Å². The maximum Gasteiger partial charge on any atom is 0.271 e. The minimum Gasteiger partial charge on any atom is -0.368 e. The molecular weight excluding hydrogens is 358 g/mol. The molecule has 144 valence electrons. The summed E-state index contributed by atoms with van der Waals surface area (Å²) in [7, 11) is 0. The predicted molar refractivity (Wildman–Crippen MR) is 107 cm³/mol. The molecule has 2 aromatic heterocycles. The maximum atomic E-state index is 11.7. The van der Waals surface area contributed by atoms with Crippen molar-refractivity contribution in [3.63, 3.8) is 0 Å². The van der Waals surface area contributed by atoms with Crippen LogP contribution in [-0.2, 0) is 4.79 Å². The third-order valence-electron chi connectivity index (χ3n) is 4.15. The molecule has 0 saturated carbocycles. The Balaban J connectivity index is 1.92. The monoisotopic (exact) mass is 379 g/mol. The second kappa shape index (κ2) is 8.30. The van der Waals surface area contributed by atoms with E-state index in [0.717, 1.165) is 17.2 Å². The SMILES string of the molecule is CCC[C@@H](Nc1cnc(C(N)=O)c(Nc2ccc3cnccc3c2)n1)C(N)=O. The highest BCUT2D eigenvalue weighted by molar-refractivity contribution is 5.97. The molecule has 6 N–H and O–H groups in total. The summed E-state index contributed by atoms with van der Waals surface area (Å²) in [5.41, 5.74) is 11.5. The van der Waals surface area contributed by atoms with E-state index in [2.05, 4.69) is 25.6 Å². The zero-order chi connectivity index (χ0) is 20.1. The predicted octanol–water partition coefficient (Wildman–Crippen LogP) is 1.93. The van der Waals surface area contributed by atoms with Gasteiger partial charge in [0.15, 0.2) is 11.5 Å². The summed E-state index contributed by atoms with van der Waals surface area (Å²) in [6.45, 7) is 1.95. The van der Waals surface area contributed by atoms with Crippen LogP contribution in [0, 0.1) is 0 Å². The summed E-state index contributed by atoms with van der Waals surface area (Å²) in [6, 6.07) is 6.92. The van der Waals surface area contributed by atoms with E-state index in [1.54, 1.807) is 12.4 Å². The van der Waals surface area contributed by atoms with Crippen LogP contribution in [0.5, 0.6) is 0 Å². The van der Waals surface area contributed by atoms with E-state index in [1.807, 2.05) is 31.2 Å². The first kappa shape index (κ1) is 19.0. The van der Waals surface area contributed by atoms with E-state index in [9.17, 15) is 9.59 Å². The van der Waals surface area contributed by atoms with Gasteiger partial charge in [0, 0.05) is 23.5 Å². The standard InChI is InChI=1S/C19H21N7O2/c1-2-3-14(17(20)27)25-15-10-23-16(18(21)28)19(26-15)24-13-5-4-12-9-22-7-6-11(12)8-13/h4-10,14H,2-3H2,1H3,(H2,20,27)(H2,21,28)(H2,24,25,26)/t14-/m1/s1. The summed E-state index contributed by atoms with van der Waals surface area (Å²) in [5.74, 6) is -0.702. The highest BCUT2D eigenvalue weighted by atomic mass is 16.1. The number of nitrogens with zero attached hydrogens (tertiary/aromatic N) is 3. The number of carbonyl (C=O) groups is 2. The van der Waals surface area contributed by atoms with Crippen LogP contribution in [0.1, 0.15) is 30.3 Å². The molecule has 9 nitrogen and oxygen atoms in total. The Kier molecular flexibility index (Phi) is 5.64. The number of amides is 2. The summed E-state index contributed by atoms with van der Waals surface area (Å²) >= 11 is 0. The van der Waals surface area contributed by atoms with Crippen molar-refractivity contribution < 1.29 is 9.59 Å². The fourth-order valence-corrected chi connectivity index (χ4v) is 2.78. The number of primary amides is 2. The van der Waals surface area contributed by atoms with Gasteiger partial charge in [-0.1, -0.05) is 19.4 Å². The van der Waals surface area contributed by atoms with E-state index < -0.39 is 17.9 Å². The molecule has 0 aliphatic carbocycles. The normalized spacial score (nSPS) is 11.8. The molecule has 0 saturated heterocycles. The molecule has 9 heteroatoms. The largest absolute Gasteiger partial charge is 0.368 e. The Morgan fingerprint density at radius 2 is 1.96 bits per heavy atom. The third-order valence-corrected chi connectivity index (χ3v) is 4.15. The van der Waals surface area contributed by atoms with Crippen molar-refractivity contribution in [2.75, 3.05) is 10.6 Å².